The number of ether oxygens (including phenoxy) is 2. The highest BCUT2D eigenvalue weighted by Crippen LogP contribution is 2.47. The van der Waals surface area contributed by atoms with Crippen LogP contribution in [-0.2, 0) is 9.59 Å². The Balaban J connectivity index is 2.46. The molecule has 0 N–H and O–H groups in total. The lowest BCUT2D eigenvalue weighted by molar-refractivity contribution is -0.137. The minimum Gasteiger partial charge on any atom is -0.422 e. The fourth-order valence-electron chi connectivity index (χ4n) is 4.37. The van der Waals surface area contributed by atoms with E-state index in [0.29, 0.717) is 24.3 Å². The Labute approximate surface area is 228 Å². The quantitative estimate of drug-likeness (QED) is 0.139. The second-order valence-corrected chi connectivity index (χ2v) is 11.2. The van der Waals surface area contributed by atoms with E-state index >= 15 is 0 Å². The number of esters is 2. The summed E-state index contributed by atoms with van der Waals surface area (Å²) in [6.45, 7) is 16.7. The average molecular weight is 527 g/mol. The highest BCUT2D eigenvalue weighted by Gasteiger charge is 2.25. The summed E-state index contributed by atoms with van der Waals surface area (Å²) in [5, 5.41) is 0. The molecule has 0 aliphatic carbocycles. The number of rotatable bonds is 14. The SMILES string of the molecule is CCCCCCC(=O)Oc1c(C)c(C)c(Sc2c(C)ccc(C)c2C)c(C)c1OC(=O)CCCCCC. The molecule has 0 spiro atoms. The fraction of sp³-hybridized carbons (Fsp3) is 0.562. The first-order valence-corrected chi connectivity index (χ1v) is 14.7. The molecule has 0 saturated heterocycles. The predicted octanol–water partition coefficient (Wildman–Crippen LogP) is 9.44. The minimum atomic E-state index is -0.276. The van der Waals surface area contributed by atoms with Crippen LogP contribution in [-0.4, -0.2) is 11.9 Å². The van der Waals surface area contributed by atoms with Gasteiger partial charge in [0.05, 0.1) is 0 Å². The van der Waals surface area contributed by atoms with Gasteiger partial charge in [-0.15, -0.1) is 0 Å². The Morgan fingerprint density at radius 3 is 1.59 bits per heavy atom. The first-order chi connectivity index (χ1) is 17.6. The third-order valence-electron chi connectivity index (χ3n) is 7.11. The van der Waals surface area contributed by atoms with Crippen molar-refractivity contribution in [3.8, 4) is 11.5 Å². The molecule has 0 unspecified atom stereocenters. The molecule has 0 fully saturated rings. The molecule has 0 amide bonds. The summed E-state index contributed by atoms with van der Waals surface area (Å²) in [5.41, 5.74) is 6.42. The number of carbonyl (C=O) groups excluding carboxylic acids is 2. The normalized spacial score (nSPS) is 11.0. The number of aryl methyl sites for hydroxylation is 2. The Morgan fingerprint density at radius 2 is 1.08 bits per heavy atom. The fourth-order valence-corrected chi connectivity index (χ4v) is 5.67. The molecule has 0 bridgehead atoms. The van der Waals surface area contributed by atoms with Crippen molar-refractivity contribution < 1.29 is 19.1 Å². The third-order valence-corrected chi connectivity index (χ3v) is 8.76. The zero-order chi connectivity index (χ0) is 27.5. The lowest BCUT2D eigenvalue weighted by Gasteiger charge is -2.22. The van der Waals surface area contributed by atoms with E-state index in [-0.39, 0.29) is 11.9 Å². The van der Waals surface area contributed by atoms with Gasteiger partial charge in [0.1, 0.15) is 0 Å². The summed E-state index contributed by atoms with van der Waals surface area (Å²) in [6.07, 6.45) is 8.77. The van der Waals surface area contributed by atoms with E-state index in [4.69, 9.17) is 9.47 Å². The molecule has 0 atom stereocenters. The van der Waals surface area contributed by atoms with Crippen LogP contribution in [0.15, 0.2) is 21.9 Å². The van der Waals surface area contributed by atoms with E-state index in [2.05, 4.69) is 53.7 Å². The Kier molecular flexibility index (Phi) is 12.7. The topological polar surface area (TPSA) is 52.6 Å². The minimum absolute atomic E-state index is 0.274. The largest absolute Gasteiger partial charge is 0.422 e. The van der Waals surface area contributed by atoms with E-state index in [1.54, 1.807) is 11.8 Å². The maximum absolute atomic E-state index is 12.9. The van der Waals surface area contributed by atoms with Crippen LogP contribution in [0.2, 0.25) is 0 Å². The van der Waals surface area contributed by atoms with E-state index in [1.165, 1.54) is 21.6 Å². The van der Waals surface area contributed by atoms with Crippen molar-refractivity contribution in [2.45, 2.75) is 129 Å². The van der Waals surface area contributed by atoms with Gasteiger partial charge in [0.25, 0.3) is 0 Å². The predicted molar refractivity (Wildman–Crippen MR) is 154 cm³/mol. The lowest BCUT2D eigenvalue weighted by atomic mass is 10.0. The molecule has 0 heterocycles. The lowest BCUT2D eigenvalue weighted by Crippen LogP contribution is -2.15. The molecule has 5 heteroatoms. The van der Waals surface area contributed by atoms with Crippen LogP contribution in [0.1, 0.15) is 111 Å². The molecule has 0 saturated carbocycles. The molecule has 0 aliphatic rings. The van der Waals surface area contributed by atoms with E-state index in [0.717, 1.165) is 73.0 Å². The summed E-state index contributed by atoms with van der Waals surface area (Å²) in [4.78, 5) is 27.9. The van der Waals surface area contributed by atoms with E-state index in [9.17, 15) is 9.59 Å². The first kappa shape index (κ1) is 31.0. The molecular weight excluding hydrogens is 480 g/mol. The molecule has 4 nitrogen and oxygen atoms in total. The van der Waals surface area contributed by atoms with Crippen molar-refractivity contribution in [3.05, 3.63) is 45.5 Å². The van der Waals surface area contributed by atoms with Gasteiger partial charge < -0.3 is 9.47 Å². The number of hydrogen-bond donors (Lipinski definition) is 0. The van der Waals surface area contributed by atoms with Gasteiger partial charge in [-0.25, -0.2) is 0 Å². The highest BCUT2D eigenvalue weighted by molar-refractivity contribution is 7.99. The standard InChI is InChI=1S/C32H46O4S/c1-9-11-13-15-17-27(33)35-29-24(6)25(7)32(37-31-22(4)20-19-21(3)23(31)5)26(8)30(29)36-28(34)18-16-14-12-10-2/h19-20H,9-18H2,1-8H3. The van der Waals surface area contributed by atoms with Crippen LogP contribution in [0, 0.1) is 41.5 Å². The van der Waals surface area contributed by atoms with Crippen molar-refractivity contribution in [3.63, 3.8) is 0 Å². The molecule has 37 heavy (non-hydrogen) atoms. The van der Waals surface area contributed by atoms with Gasteiger partial charge in [0, 0.05) is 28.2 Å². The van der Waals surface area contributed by atoms with Gasteiger partial charge >= 0.3 is 11.9 Å². The second kappa shape index (κ2) is 15.2. The monoisotopic (exact) mass is 526 g/mol. The zero-order valence-corrected chi connectivity index (χ0v) is 25.1. The Bertz CT molecular complexity index is 1090. The summed E-state index contributed by atoms with van der Waals surface area (Å²) >= 11 is 1.70. The van der Waals surface area contributed by atoms with Gasteiger partial charge in [0.15, 0.2) is 11.5 Å². The summed E-state index contributed by atoms with van der Waals surface area (Å²) in [6, 6.07) is 4.29. The van der Waals surface area contributed by atoms with Gasteiger partial charge in [-0.1, -0.05) is 76.3 Å². The van der Waals surface area contributed by atoms with Crippen molar-refractivity contribution in [2.75, 3.05) is 0 Å². The maximum atomic E-state index is 12.9. The molecular formula is C32H46O4S. The van der Waals surface area contributed by atoms with Gasteiger partial charge in [0.2, 0.25) is 0 Å². The van der Waals surface area contributed by atoms with Crippen molar-refractivity contribution in [2.24, 2.45) is 0 Å². The Hall–Kier alpha value is -2.27. The molecule has 2 rings (SSSR count). The Morgan fingerprint density at radius 1 is 0.595 bits per heavy atom. The van der Waals surface area contributed by atoms with Crippen LogP contribution in [0.25, 0.3) is 0 Å². The highest BCUT2D eigenvalue weighted by atomic mass is 32.2. The second-order valence-electron chi connectivity index (χ2n) is 10.2. The maximum Gasteiger partial charge on any atom is 0.311 e. The number of unbranched alkanes of at least 4 members (excludes halogenated alkanes) is 6. The first-order valence-electron chi connectivity index (χ1n) is 13.9. The van der Waals surface area contributed by atoms with Gasteiger partial charge in [-0.05, 0) is 82.2 Å². The third kappa shape index (κ3) is 8.63. The van der Waals surface area contributed by atoms with E-state index < -0.39 is 0 Å². The molecule has 204 valence electrons. The number of carbonyl (C=O) groups is 2. The van der Waals surface area contributed by atoms with Crippen LogP contribution in [0.3, 0.4) is 0 Å². The van der Waals surface area contributed by atoms with Crippen molar-refractivity contribution >= 4 is 23.7 Å². The summed E-state index contributed by atoms with van der Waals surface area (Å²) < 4.78 is 11.9. The summed E-state index contributed by atoms with van der Waals surface area (Å²) in [7, 11) is 0. The average Bonchev–Trinajstić information content (AvgIpc) is 2.87. The van der Waals surface area contributed by atoms with Crippen LogP contribution in [0.4, 0.5) is 0 Å². The van der Waals surface area contributed by atoms with Crippen molar-refractivity contribution in [1.82, 2.24) is 0 Å². The number of benzene rings is 2. The van der Waals surface area contributed by atoms with Crippen molar-refractivity contribution in [1.29, 1.82) is 0 Å². The van der Waals surface area contributed by atoms with Crippen LogP contribution in [0.5, 0.6) is 11.5 Å². The van der Waals surface area contributed by atoms with Crippen LogP contribution < -0.4 is 9.47 Å². The molecule has 0 aromatic heterocycles. The van der Waals surface area contributed by atoms with Crippen LogP contribution >= 0.6 is 11.8 Å². The van der Waals surface area contributed by atoms with Gasteiger partial charge in [-0.3, -0.25) is 9.59 Å². The van der Waals surface area contributed by atoms with Gasteiger partial charge in [-0.2, -0.15) is 0 Å². The molecule has 0 radical (unpaired) electrons. The summed E-state index contributed by atoms with van der Waals surface area (Å²) in [5.74, 6) is 0.223. The number of hydrogen-bond acceptors (Lipinski definition) is 5. The zero-order valence-electron chi connectivity index (χ0n) is 24.3. The molecule has 2 aromatic carbocycles. The molecule has 2 aromatic rings. The van der Waals surface area contributed by atoms with E-state index in [1.807, 2.05) is 13.8 Å². The molecule has 0 aliphatic heterocycles. The smallest absolute Gasteiger partial charge is 0.311 e.